The molecular formula is C24H26F2N2O4. The number of ether oxygens (including phenoxy) is 2. The van der Waals surface area contributed by atoms with Crippen LogP contribution in [-0.4, -0.2) is 42.0 Å². The Morgan fingerprint density at radius 2 is 1.81 bits per heavy atom. The van der Waals surface area contributed by atoms with Crippen molar-refractivity contribution in [2.75, 3.05) is 6.54 Å². The van der Waals surface area contributed by atoms with Crippen LogP contribution in [0.3, 0.4) is 0 Å². The monoisotopic (exact) mass is 444 g/mol. The Labute approximate surface area is 185 Å². The molecule has 0 bridgehead atoms. The number of hydrogen-bond acceptors (Lipinski definition) is 4. The molecule has 1 saturated carbocycles. The quantitative estimate of drug-likeness (QED) is 0.665. The fourth-order valence-electron chi connectivity index (χ4n) is 4.20. The first-order valence-corrected chi connectivity index (χ1v) is 10.9. The Morgan fingerprint density at radius 1 is 1.06 bits per heavy atom. The molecule has 1 aliphatic heterocycles. The van der Waals surface area contributed by atoms with Crippen LogP contribution in [0, 0.1) is 0 Å². The molecule has 8 heteroatoms. The summed E-state index contributed by atoms with van der Waals surface area (Å²) in [6.07, 6.45) is 4.11. The zero-order valence-electron chi connectivity index (χ0n) is 17.6. The molecule has 2 aliphatic rings. The van der Waals surface area contributed by atoms with Gasteiger partial charge in [0, 0.05) is 18.7 Å². The zero-order chi connectivity index (χ0) is 22.5. The molecule has 1 heterocycles. The summed E-state index contributed by atoms with van der Waals surface area (Å²) in [5.74, 6) is -0.574. The van der Waals surface area contributed by atoms with Crippen LogP contribution in [0.5, 0.6) is 11.5 Å². The number of nitrogens with one attached hydrogen (secondary N) is 1. The fraction of sp³-hybridized carbons (Fsp3) is 0.417. The van der Waals surface area contributed by atoms with Crippen molar-refractivity contribution in [3.8, 4) is 11.5 Å². The third kappa shape index (κ3) is 5.36. The number of alkyl halides is 2. The van der Waals surface area contributed by atoms with Gasteiger partial charge in [0.05, 0.1) is 6.10 Å². The van der Waals surface area contributed by atoms with Gasteiger partial charge in [-0.15, -0.1) is 0 Å². The minimum atomic E-state index is -2.99. The van der Waals surface area contributed by atoms with E-state index in [0.717, 1.165) is 31.2 Å². The molecule has 2 aromatic carbocycles. The van der Waals surface area contributed by atoms with Crippen molar-refractivity contribution in [1.82, 2.24) is 10.2 Å². The first-order valence-electron chi connectivity index (χ1n) is 10.9. The molecule has 6 nitrogen and oxygen atoms in total. The van der Waals surface area contributed by atoms with Crippen LogP contribution >= 0.6 is 0 Å². The fourth-order valence-corrected chi connectivity index (χ4v) is 4.20. The molecule has 0 radical (unpaired) electrons. The average molecular weight is 444 g/mol. The van der Waals surface area contributed by atoms with E-state index in [-0.39, 0.29) is 29.1 Å². The van der Waals surface area contributed by atoms with E-state index in [0.29, 0.717) is 19.5 Å². The van der Waals surface area contributed by atoms with Gasteiger partial charge in [-0.25, -0.2) is 0 Å². The molecule has 1 atom stereocenters. The first-order chi connectivity index (χ1) is 15.5. The van der Waals surface area contributed by atoms with E-state index in [9.17, 15) is 18.4 Å². The number of carbonyl (C=O) groups excluding carboxylic acids is 2. The van der Waals surface area contributed by atoms with Gasteiger partial charge < -0.3 is 19.7 Å². The van der Waals surface area contributed by atoms with Crippen LogP contribution in [0.15, 0.2) is 48.5 Å². The van der Waals surface area contributed by atoms with Crippen LogP contribution in [0.2, 0.25) is 0 Å². The van der Waals surface area contributed by atoms with Gasteiger partial charge in [-0.05, 0) is 55.9 Å². The Bertz CT molecular complexity index is 948. The lowest BCUT2D eigenvalue weighted by Gasteiger charge is -2.19. The molecule has 2 amide bonds. The van der Waals surface area contributed by atoms with Crippen LogP contribution in [0.4, 0.5) is 8.78 Å². The second-order valence-corrected chi connectivity index (χ2v) is 8.12. The van der Waals surface area contributed by atoms with Crippen LogP contribution in [0.1, 0.15) is 48.0 Å². The summed E-state index contributed by atoms with van der Waals surface area (Å²) in [7, 11) is 0. The van der Waals surface area contributed by atoms with Crippen molar-refractivity contribution >= 4 is 11.8 Å². The van der Waals surface area contributed by atoms with Crippen LogP contribution in [-0.2, 0) is 11.3 Å². The number of carbonyl (C=O) groups is 2. The van der Waals surface area contributed by atoms with Crippen molar-refractivity contribution in [1.29, 1.82) is 0 Å². The van der Waals surface area contributed by atoms with Gasteiger partial charge in [0.2, 0.25) is 5.91 Å². The van der Waals surface area contributed by atoms with E-state index in [1.54, 1.807) is 4.90 Å². The maximum Gasteiger partial charge on any atom is 0.387 e. The Balaban J connectivity index is 1.42. The maximum absolute atomic E-state index is 12.8. The van der Waals surface area contributed by atoms with Crippen molar-refractivity contribution in [3.05, 3.63) is 59.7 Å². The number of amides is 2. The summed E-state index contributed by atoms with van der Waals surface area (Å²) in [4.78, 5) is 27.3. The van der Waals surface area contributed by atoms with E-state index in [1.807, 2.05) is 30.3 Å². The minimum Gasteiger partial charge on any atom is -0.487 e. The Morgan fingerprint density at radius 3 is 2.53 bits per heavy atom. The number of benzene rings is 2. The SMILES string of the molecule is O=C(NC1CCN(Cc2ccccc2)C1=O)c1ccc(OC(F)F)c(OC2CCCC2)c1. The van der Waals surface area contributed by atoms with Crippen molar-refractivity contribution in [2.45, 2.75) is 57.4 Å². The number of likely N-dealkylation sites (tertiary alicyclic amines) is 1. The van der Waals surface area contributed by atoms with E-state index < -0.39 is 18.6 Å². The number of nitrogens with zero attached hydrogens (tertiary/aromatic N) is 1. The minimum absolute atomic E-state index is 0.0868. The summed E-state index contributed by atoms with van der Waals surface area (Å²) < 4.78 is 36.0. The van der Waals surface area contributed by atoms with Gasteiger partial charge in [0.1, 0.15) is 6.04 Å². The van der Waals surface area contributed by atoms with Crippen molar-refractivity contribution < 1.29 is 27.8 Å². The zero-order valence-corrected chi connectivity index (χ0v) is 17.6. The van der Waals surface area contributed by atoms with Gasteiger partial charge in [-0.2, -0.15) is 8.78 Å². The van der Waals surface area contributed by atoms with E-state index in [1.165, 1.54) is 18.2 Å². The molecule has 0 spiro atoms. The summed E-state index contributed by atoms with van der Waals surface area (Å²) in [5, 5.41) is 2.77. The van der Waals surface area contributed by atoms with Gasteiger partial charge in [-0.1, -0.05) is 30.3 Å². The maximum atomic E-state index is 12.8. The van der Waals surface area contributed by atoms with Crippen LogP contribution < -0.4 is 14.8 Å². The van der Waals surface area contributed by atoms with Gasteiger partial charge >= 0.3 is 6.61 Å². The third-order valence-electron chi connectivity index (χ3n) is 5.84. The standard InChI is InChI=1S/C24H26F2N2O4/c25-24(26)32-20-11-10-17(14-21(20)31-18-8-4-5-9-18)22(29)27-19-12-13-28(23(19)30)15-16-6-2-1-3-7-16/h1-3,6-7,10-11,14,18-19,24H,4-5,8-9,12-13,15H2,(H,27,29). The lowest BCUT2D eigenvalue weighted by molar-refractivity contribution is -0.129. The second-order valence-electron chi connectivity index (χ2n) is 8.12. The molecule has 1 N–H and O–H groups in total. The van der Waals surface area contributed by atoms with Gasteiger partial charge in [-0.3, -0.25) is 9.59 Å². The van der Waals surface area contributed by atoms with Crippen LogP contribution in [0.25, 0.3) is 0 Å². The average Bonchev–Trinajstić information content (AvgIpc) is 3.41. The Hall–Kier alpha value is -3.16. The van der Waals surface area contributed by atoms with E-state index in [4.69, 9.17) is 4.74 Å². The molecule has 1 unspecified atom stereocenters. The summed E-state index contributed by atoms with van der Waals surface area (Å²) in [5.41, 5.74) is 1.25. The molecule has 2 fully saturated rings. The lowest BCUT2D eigenvalue weighted by atomic mass is 10.1. The molecular weight excluding hydrogens is 418 g/mol. The summed E-state index contributed by atoms with van der Waals surface area (Å²) in [6.45, 7) is -1.95. The molecule has 170 valence electrons. The van der Waals surface area contributed by atoms with Crippen molar-refractivity contribution in [2.24, 2.45) is 0 Å². The highest BCUT2D eigenvalue weighted by Gasteiger charge is 2.33. The number of hydrogen-bond donors (Lipinski definition) is 1. The highest BCUT2D eigenvalue weighted by Crippen LogP contribution is 2.33. The smallest absolute Gasteiger partial charge is 0.387 e. The molecule has 4 rings (SSSR count). The van der Waals surface area contributed by atoms with Crippen molar-refractivity contribution in [3.63, 3.8) is 0 Å². The first kappa shape index (κ1) is 22.0. The predicted octanol–water partition coefficient (Wildman–Crippen LogP) is 4.14. The number of rotatable bonds is 8. The molecule has 32 heavy (non-hydrogen) atoms. The van der Waals surface area contributed by atoms with Gasteiger partial charge in [0.25, 0.3) is 5.91 Å². The predicted molar refractivity (Wildman–Crippen MR) is 114 cm³/mol. The number of halogens is 2. The highest BCUT2D eigenvalue weighted by atomic mass is 19.3. The second kappa shape index (κ2) is 9.97. The largest absolute Gasteiger partial charge is 0.487 e. The molecule has 1 aliphatic carbocycles. The topological polar surface area (TPSA) is 67.9 Å². The van der Waals surface area contributed by atoms with E-state index in [2.05, 4.69) is 10.1 Å². The van der Waals surface area contributed by atoms with E-state index >= 15 is 0 Å². The highest BCUT2D eigenvalue weighted by molar-refractivity contribution is 5.98. The molecule has 2 aromatic rings. The normalized spacial score (nSPS) is 18.9. The lowest BCUT2D eigenvalue weighted by Crippen LogP contribution is -2.41. The summed E-state index contributed by atoms with van der Waals surface area (Å²) >= 11 is 0. The summed E-state index contributed by atoms with van der Waals surface area (Å²) in [6, 6.07) is 13.2. The molecule has 0 aromatic heterocycles. The Kier molecular flexibility index (Phi) is 6.87. The van der Waals surface area contributed by atoms with Gasteiger partial charge in [0.15, 0.2) is 11.5 Å². The third-order valence-corrected chi connectivity index (χ3v) is 5.84. The molecule has 1 saturated heterocycles.